The lowest BCUT2D eigenvalue weighted by atomic mass is 9.77. The summed E-state index contributed by atoms with van der Waals surface area (Å²) in [5.41, 5.74) is 2.82. The van der Waals surface area contributed by atoms with Gasteiger partial charge in [0.2, 0.25) is 0 Å². The summed E-state index contributed by atoms with van der Waals surface area (Å²) >= 11 is 0. The maximum atomic E-state index is 12.6. The number of likely N-dealkylation sites (tertiary alicyclic amines) is 1. The Morgan fingerprint density at radius 1 is 1.25 bits per heavy atom. The molecule has 0 aromatic carbocycles. The van der Waals surface area contributed by atoms with Crippen molar-refractivity contribution in [3.63, 3.8) is 0 Å². The van der Waals surface area contributed by atoms with E-state index in [1.807, 2.05) is 6.20 Å². The van der Waals surface area contributed by atoms with Crippen molar-refractivity contribution in [2.75, 3.05) is 19.7 Å². The predicted octanol–water partition coefficient (Wildman–Crippen LogP) is 2.42. The van der Waals surface area contributed by atoms with Crippen molar-refractivity contribution in [3.05, 3.63) is 29.3 Å². The van der Waals surface area contributed by atoms with E-state index in [4.69, 9.17) is 4.74 Å². The van der Waals surface area contributed by atoms with Crippen molar-refractivity contribution >= 4 is 5.91 Å². The van der Waals surface area contributed by atoms with Crippen LogP contribution in [-0.2, 0) is 17.8 Å². The molecule has 1 aliphatic heterocycles. The summed E-state index contributed by atoms with van der Waals surface area (Å²) in [6, 6.07) is -0.00631. The molecule has 1 amide bonds. The van der Waals surface area contributed by atoms with Gasteiger partial charge < -0.3 is 10.1 Å². The van der Waals surface area contributed by atoms with E-state index in [-0.39, 0.29) is 23.7 Å². The minimum Gasteiger partial charge on any atom is -0.376 e. The zero-order valence-electron chi connectivity index (χ0n) is 19.1. The molecular weight excluding hydrogens is 408 g/mol. The molecule has 0 spiro atoms. The normalized spacial score (nSPS) is 28.1. The monoisotopic (exact) mass is 442 g/mol. The molecule has 174 valence electrons. The first-order chi connectivity index (χ1) is 15.6. The van der Waals surface area contributed by atoms with E-state index < -0.39 is 0 Å². The van der Waals surface area contributed by atoms with E-state index in [2.05, 4.69) is 48.8 Å². The number of carbonyl (C=O) groups is 1. The third-order valence-electron chi connectivity index (χ3n) is 7.38. The van der Waals surface area contributed by atoms with Gasteiger partial charge in [0, 0.05) is 44.0 Å². The van der Waals surface area contributed by atoms with Crippen LogP contribution in [0.2, 0.25) is 0 Å². The molecule has 1 N–H and O–H groups in total. The molecule has 0 radical (unpaired) electrons. The fraction of sp³-hybridized carbons (Fsp3) is 0.739. The van der Waals surface area contributed by atoms with Gasteiger partial charge in [0.25, 0.3) is 5.91 Å². The Hall–Kier alpha value is -2.26. The predicted molar refractivity (Wildman–Crippen MR) is 117 cm³/mol. The van der Waals surface area contributed by atoms with Crippen LogP contribution in [0.4, 0.5) is 0 Å². The van der Waals surface area contributed by atoms with Gasteiger partial charge in [0.05, 0.1) is 18.3 Å². The lowest BCUT2D eigenvalue weighted by Gasteiger charge is -2.38. The van der Waals surface area contributed by atoms with Crippen LogP contribution >= 0.6 is 0 Å². The first kappa shape index (κ1) is 21.6. The first-order valence-electron chi connectivity index (χ1n) is 12.0. The molecular formula is C23H34N6O3. The van der Waals surface area contributed by atoms with Crippen molar-refractivity contribution in [1.82, 2.24) is 30.3 Å². The third-order valence-corrected chi connectivity index (χ3v) is 7.38. The van der Waals surface area contributed by atoms with Gasteiger partial charge in [-0.3, -0.25) is 14.4 Å². The highest BCUT2D eigenvalue weighted by molar-refractivity contribution is 5.91. The molecule has 5 rings (SSSR count). The number of ether oxygens (including phenoxy) is 1. The van der Waals surface area contributed by atoms with Gasteiger partial charge >= 0.3 is 0 Å². The van der Waals surface area contributed by atoms with Crippen molar-refractivity contribution in [2.45, 2.75) is 71.2 Å². The number of carbonyl (C=O) groups excluding carboxylic acids is 1. The minimum atomic E-state index is -0.233. The van der Waals surface area contributed by atoms with Gasteiger partial charge in [0.1, 0.15) is 6.20 Å². The van der Waals surface area contributed by atoms with Crippen molar-refractivity contribution in [3.8, 4) is 0 Å². The van der Waals surface area contributed by atoms with Crippen molar-refractivity contribution in [2.24, 2.45) is 17.8 Å². The van der Waals surface area contributed by atoms with Crippen molar-refractivity contribution in [1.29, 1.82) is 0 Å². The van der Waals surface area contributed by atoms with Crippen LogP contribution in [0, 0.1) is 24.7 Å². The summed E-state index contributed by atoms with van der Waals surface area (Å²) in [6.07, 6.45) is 8.98. The first-order valence-corrected chi connectivity index (χ1v) is 12.0. The zero-order valence-corrected chi connectivity index (χ0v) is 19.1. The number of aromatic nitrogens is 4. The lowest BCUT2D eigenvalue weighted by Crippen LogP contribution is -2.50. The zero-order chi connectivity index (χ0) is 22.1. The fourth-order valence-corrected chi connectivity index (χ4v) is 5.35. The van der Waals surface area contributed by atoms with E-state index in [1.165, 1.54) is 30.3 Å². The second-order valence-electron chi connectivity index (χ2n) is 9.85. The number of fused-ring (bicyclic) bond motifs is 1. The second-order valence-corrected chi connectivity index (χ2v) is 9.85. The molecule has 9 heteroatoms. The highest BCUT2D eigenvalue weighted by Gasteiger charge is 2.44. The summed E-state index contributed by atoms with van der Waals surface area (Å²) < 4.78 is 13.1. The maximum absolute atomic E-state index is 12.6. The number of nitrogens with one attached hydrogen (secondary N) is 1. The largest absolute Gasteiger partial charge is 0.376 e. The Morgan fingerprint density at radius 3 is 2.78 bits per heavy atom. The molecule has 3 fully saturated rings. The molecule has 2 saturated carbocycles. The Kier molecular flexibility index (Phi) is 6.28. The molecule has 0 unspecified atom stereocenters. The molecule has 3 aliphatic rings. The highest BCUT2D eigenvalue weighted by Crippen LogP contribution is 2.39. The summed E-state index contributed by atoms with van der Waals surface area (Å²) in [7, 11) is 0. The summed E-state index contributed by atoms with van der Waals surface area (Å²) in [5.74, 6) is 1.63. The van der Waals surface area contributed by atoms with Gasteiger partial charge in [-0.2, -0.15) is 5.10 Å². The Bertz CT molecular complexity index is 909. The van der Waals surface area contributed by atoms with E-state index >= 15 is 0 Å². The van der Waals surface area contributed by atoms with Crippen LogP contribution in [0.25, 0.3) is 0 Å². The molecule has 2 aromatic heterocycles. The molecule has 9 nitrogen and oxygen atoms in total. The van der Waals surface area contributed by atoms with Gasteiger partial charge in [-0.25, -0.2) is 4.63 Å². The number of rotatable bonds is 9. The van der Waals surface area contributed by atoms with Crippen LogP contribution in [0.3, 0.4) is 0 Å². The molecule has 3 heterocycles. The van der Waals surface area contributed by atoms with Crippen molar-refractivity contribution < 1.29 is 14.2 Å². The fourth-order valence-electron chi connectivity index (χ4n) is 5.35. The van der Waals surface area contributed by atoms with Crippen LogP contribution in [-0.4, -0.2) is 62.7 Å². The van der Waals surface area contributed by atoms with E-state index in [1.54, 1.807) is 0 Å². The second kappa shape index (κ2) is 9.31. The third kappa shape index (κ3) is 4.73. The summed E-state index contributed by atoms with van der Waals surface area (Å²) in [6.45, 7) is 9.21. The number of nitrogens with zero attached hydrogens (tertiary/aromatic N) is 5. The Balaban J connectivity index is 1.23. The maximum Gasteiger partial charge on any atom is 0.275 e. The van der Waals surface area contributed by atoms with Crippen LogP contribution in [0.15, 0.2) is 17.0 Å². The molecule has 4 atom stereocenters. The van der Waals surface area contributed by atoms with Crippen LogP contribution < -0.4 is 5.32 Å². The van der Waals surface area contributed by atoms with E-state index in [0.717, 1.165) is 52.0 Å². The van der Waals surface area contributed by atoms with Gasteiger partial charge in [-0.1, -0.05) is 12.1 Å². The summed E-state index contributed by atoms with van der Waals surface area (Å²) in [5, 5.41) is 15.0. The molecule has 1 saturated heterocycles. The highest BCUT2D eigenvalue weighted by atomic mass is 16.6. The van der Waals surface area contributed by atoms with E-state index in [9.17, 15) is 4.79 Å². The minimum absolute atomic E-state index is 0.00631. The smallest absolute Gasteiger partial charge is 0.275 e. The number of amides is 1. The number of aryl methyl sites for hydroxylation is 1. The standard InChI is InChI=1S/C23H34N6O3/c1-3-6-29-15(2)19(9-24-29)13-28-11-17-7-20(26-23(30)21-10-25-32-27-21)22(8-18(17)12-28)31-14-16-4-5-16/h9-10,16-18,20,22H,3-8,11-14H2,1-2H3,(H,26,30)/t17-,18+,20-,22-/m0/s1. The Morgan fingerprint density at radius 2 is 2.06 bits per heavy atom. The lowest BCUT2D eigenvalue weighted by molar-refractivity contribution is -0.0212. The SMILES string of the molecule is CCCn1ncc(CN2C[C@H]3C[C@H](OCC4CC4)[C@@H](NC(=O)c4cnon4)C[C@H]3C2)c1C. The van der Waals surface area contributed by atoms with Gasteiger partial charge in [-0.15, -0.1) is 0 Å². The molecule has 0 bridgehead atoms. The molecule has 32 heavy (non-hydrogen) atoms. The Labute approximate surface area is 188 Å². The quantitative estimate of drug-likeness (QED) is 0.637. The summed E-state index contributed by atoms with van der Waals surface area (Å²) in [4.78, 5) is 15.2. The topological polar surface area (TPSA) is 98.3 Å². The molecule has 2 aliphatic carbocycles. The van der Waals surface area contributed by atoms with E-state index in [0.29, 0.717) is 17.8 Å². The number of hydrogen-bond donors (Lipinski definition) is 1. The average molecular weight is 443 g/mol. The van der Waals surface area contributed by atoms with Crippen LogP contribution in [0.1, 0.15) is 60.8 Å². The average Bonchev–Trinajstić information content (AvgIpc) is 3.14. The van der Waals surface area contributed by atoms with Gasteiger partial charge in [0.15, 0.2) is 5.69 Å². The number of hydrogen-bond acceptors (Lipinski definition) is 7. The molecule has 2 aromatic rings. The van der Waals surface area contributed by atoms with Crippen LogP contribution in [0.5, 0.6) is 0 Å². The van der Waals surface area contributed by atoms with Gasteiger partial charge in [-0.05, 0) is 61.9 Å².